The standard InChI is InChI=1S/C23H21N3O5S/c1-31-22-17(6-3-15-4-9-18(10-5-15)25-32(2,29)30)13-19(14-20(22)16-7-8-16)26-12-11-21(27)24-23(26)28/h4-5,9-14,16,25H,7-8H2,1-2H3,(H,24,27,28). The van der Waals surface area contributed by atoms with Gasteiger partial charge in [-0.15, -0.1) is 0 Å². The van der Waals surface area contributed by atoms with Crippen molar-refractivity contribution < 1.29 is 13.2 Å². The molecule has 0 aliphatic heterocycles. The molecule has 0 amide bonds. The molecule has 8 nitrogen and oxygen atoms in total. The molecule has 1 aliphatic rings. The molecule has 3 aromatic rings. The first-order chi connectivity index (χ1) is 15.2. The van der Waals surface area contributed by atoms with Crippen LogP contribution < -0.4 is 20.7 Å². The van der Waals surface area contributed by atoms with Gasteiger partial charge in [0.25, 0.3) is 5.56 Å². The highest BCUT2D eigenvalue weighted by Gasteiger charge is 2.28. The van der Waals surface area contributed by atoms with Crippen molar-refractivity contribution in [2.45, 2.75) is 18.8 Å². The van der Waals surface area contributed by atoms with E-state index in [1.165, 1.54) is 16.8 Å². The Morgan fingerprint density at radius 1 is 1.09 bits per heavy atom. The third kappa shape index (κ3) is 4.92. The second kappa shape index (κ2) is 8.40. The zero-order chi connectivity index (χ0) is 22.9. The van der Waals surface area contributed by atoms with E-state index in [4.69, 9.17) is 4.74 Å². The van der Waals surface area contributed by atoms with Crippen LogP contribution in [0.5, 0.6) is 5.75 Å². The van der Waals surface area contributed by atoms with Crippen molar-refractivity contribution in [2.75, 3.05) is 18.1 Å². The lowest BCUT2D eigenvalue weighted by Crippen LogP contribution is -2.27. The zero-order valence-corrected chi connectivity index (χ0v) is 18.3. The number of sulfonamides is 1. The van der Waals surface area contributed by atoms with E-state index in [1.54, 1.807) is 37.4 Å². The quantitative estimate of drug-likeness (QED) is 0.578. The summed E-state index contributed by atoms with van der Waals surface area (Å²) in [6, 6.07) is 11.6. The first-order valence-corrected chi connectivity index (χ1v) is 11.8. The van der Waals surface area contributed by atoms with Crippen LogP contribution >= 0.6 is 0 Å². The number of rotatable bonds is 5. The van der Waals surface area contributed by atoms with Crippen molar-refractivity contribution in [1.82, 2.24) is 9.55 Å². The van der Waals surface area contributed by atoms with Crippen LogP contribution in [0.3, 0.4) is 0 Å². The fourth-order valence-corrected chi connectivity index (χ4v) is 3.95. The molecule has 4 rings (SSSR count). The van der Waals surface area contributed by atoms with Crippen molar-refractivity contribution in [3.05, 3.63) is 86.2 Å². The molecular weight excluding hydrogens is 430 g/mol. The number of aromatic nitrogens is 2. The van der Waals surface area contributed by atoms with Crippen LogP contribution in [0.15, 0.2) is 58.3 Å². The van der Waals surface area contributed by atoms with Crippen molar-refractivity contribution >= 4 is 15.7 Å². The fraction of sp³-hybridized carbons (Fsp3) is 0.217. The summed E-state index contributed by atoms with van der Waals surface area (Å²) in [7, 11) is -1.76. The van der Waals surface area contributed by atoms with Gasteiger partial charge in [0, 0.05) is 29.1 Å². The normalized spacial score (nSPS) is 13.2. The van der Waals surface area contributed by atoms with Crippen LogP contribution in [0.25, 0.3) is 5.69 Å². The number of ether oxygens (including phenoxy) is 1. The van der Waals surface area contributed by atoms with E-state index < -0.39 is 21.3 Å². The Balaban J connectivity index is 1.76. The van der Waals surface area contributed by atoms with Gasteiger partial charge in [-0.2, -0.15) is 0 Å². The molecule has 1 saturated carbocycles. The average molecular weight is 452 g/mol. The van der Waals surface area contributed by atoms with Crippen LogP contribution in [0.2, 0.25) is 0 Å². The van der Waals surface area contributed by atoms with Crippen LogP contribution in [0.1, 0.15) is 35.4 Å². The topological polar surface area (TPSA) is 110 Å². The van der Waals surface area contributed by atoms with E-state index >= 15 is 0 Å². The molecule has 1 heterocycles. The number of aromatic amines is 1. The van der Waals surface area contributed by atoms with Crippen LogP contribution in [0, 0.1) is 11.8 Å². The fourth-order valence-electron chi connectivity index (χ4n) is 3.39. The number of anilines is 1. The Labute approximate surface area is 184 Å². The summed E-state index contributed by atoms with van der Waals surface area (Å²) in [6.45, 7) is 0. The molecule has 0 unspecified atom stereocenters. The van der Waals surface area contributed by atoms with E-state index in [2.05, 4.69) is 21.5 Å². The molecule has 32 heavy (non-hydrogen) atoms. The van der Waals surface area contributed by atoms with Gasteiger partial charge in [-0.1, -0.05) is 11.8 Å². The van der Waals surface area contributed by atoms with Crippen LogP contribution in [0.4, 0.5) is 5.69 Å². The van der Waals surface area contributed by atoms with Gasteiger partial charge in [0.15, 0.2) is 0 Å². The Bertz CT molecular complexity index is 1450. The van der Waals surface area contributed by atoms with Crippen LogP contribution in [-0.2, 0) is 10.0 Å². The summed E-state index contributed by atoms with van der Waals surface area (Å²) in [5.41, 5.74) is 2.32. The number of methoxy groups -OCH3 is 1. The van der Waals surface area contributed by atoms with Gasteiger partial charge in [-0.25, -0.2) is 13.2 Å². The highest BCUT2D eigenvalue weighted by molar-refractivity contribution is 7.92. The van der Waals surface area contributed by atoms with E-state index in [0.29, 0.717) is 34.2 Å². The SMILES string of the molecule is COc1c(C#Cc2ccc(NS(C)(=O)=O)cc2)cc(-n2ccc(=O)[nH]c2=O)cc1C1CC1. The highest BCUT2D eigenvalue weighted by Crippen LogP contribution is 2.46. The predicted molar refractivity (Wildman–Crippen MR) is 122 cm³/mol. The minimum absolute atomic E-state index is 0.338. The predicted octanol–water partition coefficient (Wildman–Crippen LogP) is 2.18. The number of hydrogen-bond acceptors (Lipinski definition) is 5. The maximum Gasteiger partial charge on any atom is 0.332 e. The lowest BCUT2D eigenvalue weighted by Gasteiger charge is -2.14. The van der Waals surface area contributed by atoms with E-state index in [1.807, 2.05) is 6.07 Å². The first kappa shape index (κ1) is 21.5. The molecule has 0 spiro atoms. The number of benzene rings is 2. The molecule has 0 saturated heterocycles. The van der Waals surface area contributed by atoms with Crippen LogP contribution in [-0.4, -0.2) is 31.3 Å². The van der Waals surface area contributed by atoms with E-state index in [0.717, 1.165) is 24.7 Å². The molecule has 2 N–H and O–H groups in total. The Morgan fingerprint density at radius 3 is 2.41 bits per heavy atom. The molecule has 164 valence electrons. The largest absolute Gasteiger partial charge is 0.495 e. The van der Waals surface area contributed by atoms with E-state index in [9.17, 15) is 18.0 Å². The zero-order valence-electron chi connectivity index (χ0n) is 17.5. The summed E-state index contributed by atoms with van der Waals surface area (Å²) < 4.78 is 32.1. The average Bonchev–Trinajstić information content (AvgIpc) is 3.57. The third-order valence-electron chi connectivity index (χ3n) is 4.96. The molecule has 0 bridgehead atoms. The Morgan fingerprint density at radius 2 is 1.81 bits per heavy atom. The molecule has 1 aliphatic carbocycles. The molecule has 0 atom stereocenters. The van der Waals surface area contributed by atoms with Gasteiger partial charge < -0.3 is 4.74 Å². The Hall–Kier alpha value is -3.77. The summed E-state index contributed by atoms with van der Waals surface area (Å²) in [5, 5.41) is 0. The number of nitrogens with zero attached hydrogens (tertiary/aromatic N) is 1. The number of hydrogen-bond donors (Lipinski definition) is 2. The monoisotopic (exact) mass is 451 g/mol. The third-order valence-corrected chi connectivity index (χ3v) is 5.56. The number of H-pyrrole nitrogens is 1. The molecular formula is C23H21N3O5S. The lowest BCUT2D eigenvalue weighted by molar-refractivity contribution is 0.408. The van der Waals surface area contributed by atoms with Crippen molar-refractivity contribution in [3.63, 3.8) is 0 Å². The van der Waals surface area contributed by atoms with E-state index in [-0.39, 0.29) is 0 Å². The molecule has 2 aromatic carbocycles. The maximum atomic E-state index is 12.3. The molecule has 0 radical (unpaired) electrons. The van der Waals surface area contributed by atoms with Gasteiger partial charge in [0.2, 0.25) is 10.0 Å². The summed E-state index contributed by atoms with van der Waals surface area (Å²) in [5.74, 6) is 7.18. The molecule has 1 aromatic heterocycles. The van der Waals surface area contributed by atoms with Gasteiger partial charge in [0.1, 0.15) is 5.75 Å². The maximum absolute atomic E-state index is 12.3. The molecule has 1 fully saturated rings. The second-order valence-corrected chi connectivity index (χ2v) is 9.32. The van der Waals surface area contributed by atoms with Crippen molar-refractivity contribution in [1.29, 1.82) is 0 Å². The van der Waals surface area contributed by atoms with Gasteiger partial charge in [-0.05, 0) is 55.2 Å². The van der Waals surface area contributed by atoms with Crippen molar-refractivity contribution in [2.24, 2.45) is 0 Å². The summed E-state index contributed by atoms with van der Waals surface area (Å²) in [4.78, 5) is 26.0. The smallest absolute Gasteiger partial charge is 0.332 e. The summed E-state index contributed by atoms with van der Waals surface area (Å²) in [6.07, 6.45) is 4.58. The van der Waals surface area contributed by atoms with Gasteiger partial charge >= 0.3 is 5.69 Å². The second-order valence-electron chi connectivity index (χ2n) is 7.57. The van der Waals surface area contributed by atoms with Gasteiger partial charge in [-0.3, -0.25) is 19.1 Å². The van der Waals surface area contributed by atoms with Crippen molar-refractivity contribution in [3.8, 4) is 23.3 Å². The van der Waals surface area contributed by atoms with Gasteiger partial charge in [0.05, 0.1) is 24.6 Å². The molecule has 9 heteroatoms. The lowest BCUT2D eigenvalue weighted by atomic mass is 10.0. The minimum Gasteiger partial charge on any atom is -0.495 e. The number of nitrogens with one attached hydrogen (secondary N) is 2. The first-order valence-electron chi connectivity index (χ1n) is 9.87. The minimum atomic E-state index is -3.35. The highest BCUT2D eigenvalue weighted by atomic mass is 32.2. The summed E-state index contributed by atoms with van der Waals surface area (Å²) >= 11 is 0. The Kier molecular flexibility index (Phi) is 5.63.